The molecular formula is C11H18O3. The average Bonchev–Trinajstić information content (AvgIpc) is 2.65. The maximum absolute atomic E-state index is 9.74. The zero-order chi connectivity index (χ0) is 9.76. The van der Waals surface area contributed by atoms with E-state index in [4.69, 9.17) is 9.47 Å². The third-order valence-corrected chi connectivity index (χ3v) is 4.25. The summed E-state index contributed by atoms with van der Waals surface area (Å²) in [6.45, 7) is 3.72. The summed E-state index contributed by atoms with van der Waals surface area (Å²) in [5.74, 6) is 1.17. The molecule has 3 fully saturated rings. The highest BCUT2D eigenvalue weighted by molar-refractivity contribution is 5.03. The SMILES string of the molecule is C[C@H]1C[C@@H]2CC(O)C[C@H]1C21OCCO1. The number of aliphatic hydroxyl groups excluding tert-OH is 1. The first kappa shape index (κ1) is 9.13. The van der Waals surface area contributed by atoms with Crippen LogP contribution in [0.4, 0.5) is 0 Å². The van der Waals surface area contributed by atoms with Crippen molar-refractivity contribution in [2.45, 2.75) is 38.1 Å². The van der Waals surface area contributed by atoms with E-state index in [-0.39, 0.29) is 11.9 Å². The van der Waals surface area contributed by atoms with E-state index >= 15 is 0 Å². The predicted molar refractivity (Wildman–Crippen MR) is 50.6 cm³/mol. The summed E-state index contributed by atoms with van der Waals surface area (Å²) in [6.07, 6.45) is 2.74. The lowest BCUT2D eigenvalue weighted by Gasteiger charge is -2.41. The number of hydrogen-bond donors (Lipinski definition) is 1. The van der Waals surface area contributed by atoms with Crippen molar-refractivity contribution >= 4 is 0 Å². The highest BCUT2D eigenvalue weighted by Gasteiger charge is 2.60. The van der Waals surface area contributed by atoms with Gasteiger partial charge in [-0.3, -0.25) is 0 Å². The fourth-order valence-electron chi connectivity index (χ4n) is 3.75. The molecule has 4 atom stereocenters. The van der Waals surface area contributed by atoms with Crippen LogP contribution in [-0.2, 0) is 9.47 Å². The zero-order valence-electron chi connectivity index (χ0n) is 8.61. The van der Waals surface area contributed by atoms with Crippen molar-refractivity contribution in [3.63, 3.8) is 0 Å². The van der Waals surface area contributed by atoms with E-state index in [0.29, 0.717) is 17.8 Å². The van der Waals surface area contributed by atoms with Gasteiger partial charge in [0, 0.05) is 11.8 Å². The lowest BCUT2D eigenvalue weighted by molar-refractivity contribution is -0.236. The third-order valence-electron chi connectivity index (χ3n) is 4.25. The van der Waals surface area contributed by atoms with Gasteiger partial charge in [0.2, 0.25) is 0 Å². The van der Waals surface area contributed by atoms with E-state index in [0.717, 1.165) is 32.5 Å². The molecule has 1 aliphatic heterocycles. The highest BCUT2D eigenvalue weighted by atomic mass is 16.7. The molecule has 1 spiro atoms. The van der Waals surface area contributed by atoms with Crippen LogP contribution in [0, 0.1) is 17.8 Å². The lowest BCUT2D eigenvalue weighted by atomic mass is 9.80. The van der Waals surface area contributed by atoms with Crippen molar-refractivity contribution in [3.8, 4) is 0 Å². The molecule has 1 saturated heterocycles. The minimum absolute atomic E-state index is 0.131. The van der Waals surface area contributed by atoms with Gasteiger partial charge >= 0.3 is 0 Å². The molecule has 0 aromatic carbocycles. The molecular weight excluding hydrogens is 180 g/mol. The Balaban J connectivity index is 1.93. The topological polar surface area (TPSA) is 38.7 Å². The first-order valence-corrected chi connectivity index (χ1v) is 5.68. The fraction of sp³-hybridized carbons (Fsp3) is 1.00. The molecule has 1 N–H and O–H groups in total. The van der Waals surface area contributed by atoms with Crippen molar-refractivity contribution < 1.29 is 14.6 Å². The van der Waals surface area contributed by atoms with E-state index in [1.54, 1.807) is 0 Å². The normalized spacial score (nSPS) is 50.1. The average molecular weight is 198 g/mol. The van der Waals surface area contributed by atoms with Crippen LogP contribution in [0.25, 0.3) is 0 Å². The Bertz CT molecular complexity index is 233. The zero-order valence-corrected chi connectivity index (χ0v) is 8.61. The quantitative estimate of drug-likeness (QED) is 0.634. The van der Waals surface area contributed by atoms with Crippen molar-refractivity contribution in [2.24, 2.45) is 17.8 Å². The molecule has 0 amide bonds. The predicted octanol–water partition coefficient (Wildman–Crippen LogP) is 1.16. The molecule has 3 rings (SSSR count). The molecule has 1 unspecified atom stereocenters. The molecule has 0 aromatic heterocycles. The monoisotopic (exact) mass is 198 g/mol. The molecule has 0 radical (unpaired) electrons. The van der Waals surface area contributed by atoms with Gasteiger partial charge in [-0.15, -0.1) is 0 Å². The van der Waals surface area contributed by atoms with Gasteiger partial charge in [0.1, 0.15) is 0 Å². The van der Waals surface area contributed by atoms with Crippen LogP contribution in [0.15, 0.2) is 0 Å². The van der Waals surface area contributed by atoms with Crippen LogP contribution in [0.2, 0.25) is 0 Å². The van der Waals surface area contributed by atoms with Crippen LogP contribution in [0.3, 0.4) is 0 Å². The van der Waals surface area contributed by atoms with Gasteiger partial charge < -0.3 is 14.6 Å². The summed E-state index contributed by atoms with van der Waals surface area (Å²) in [7, 11) is 0. The van der Waals surface area contributed by atoms with E-state index in [1.165, 1.54) is 0 Å². The summed E-state index contributed by atoms with van der Waals surface area (Å²) in [4.78, 5) is 0. The molecule has 3 nitrogen and oxygen atoms in total. The maximum Gasteiger partial charge on any atom is 0.174 e. The second kappa shape index (κ2) is 2.94. The van der Waals surface area contributed by atoms with Gasteiger partial charge in [-0.1, -0.05) is 6.92 Å². The second-order valence-electron chi connectivity index (χ2n) is 5.06. The molecule has 2 bridgehead atoms. The first-order chi connectivity index (χ1) is 6.72. The summed E-state index contributed by atoms with van der Waals surface area (Å²) < 4.78 is 11.7. The molecule has 3 aliphatic rings. The Kier molecular flexibility index (Phi) is 1.92. The Morgan fingerprint density at radius 3 is 2.50 bits per heavy atom. The van der Waals surface area contributed by atoms with E-state index in [2.05, 4.69) is 6.92 Å². The number of ether oxygens (including phenoxy) is 2. The third kappa shape index (κ3) is 1.03. The van der Waals surface area contributed by atoms with Crippen LogP contribution in [0.5, 0.6) is 0 Å². The van der Waals surface area contributed by atoms with Crippen LogP contribution in [0.1, 0.15) is 26.2 Å². The summed E-state index contributed by atoms with van der Waals surface area (Å²) >= 11 is 0. The Labute approximate surface area is 84.4 Å². The Hall–Kier alpha value is -0.120. The molecule has 1 heterocycles. The molecule has 0 aromatic rings. The van der Waals surface area contributed by atoms with Crippen LogP contribution < -0.4 is 0 Å². The van der Waals surface area contributed by atoms with Crippen LogP contribution in [-0.4, -0.2) is 30.2 Å². The van der Waals surface area contributed by atoms with Gasteiger partial charge in [-0.25, -0.2) is 0 Å². The maximum atomic E-state index is 9.74. The Morgan fingerprint density at radius 2 is 1.86 bits per heavy atom. The number of rotatable bonds is 0. The second-order valence-corrected chi connectivity index (χ2v) is 5.06. The molecule has 2 saturated carbocycles. The van der Waals surface area contributed by atoms with Crippen molar-refractivity contribution in [1.82, 2.24) is 0 Å². The summed E-state index contributed by atoms with van der Waals surface area (Å²) in [6, 6.07) is 0. The van der Waals surface area contributed by atoms with E-state index in [1.807, 2.05) is 0 Å². The van der Waals surface area contributed by atoms with E-state index < -0.39 is 0 Å². The molecule has 2 aliphatic carbocycles. The standard InChI is InChI=1S/C11H18O3/c1-7-4-8-5-9(12)6-10(7)11(8)13-2-3-14-11/h7-10,12H,2-6H2,1H3/t7-,8+,9?,10+/m0/s1. The van der Waals surface area contributed by atoms with Crippen LogP contribution >= 0.6 is 0 Å². The fourth-order valence-corrected chi connectivity index (χ4v) is 3.75. The largest absolute Gasteiger partial charge is 0.393 e. The first-order valence-electron chi connectivity index (χ1n) is 5.68. The van der Waals surface area contributed by atoms with Crippen molar-refractivity contribution in [1.29, 1.82) is 0 Å². The molecule has 14 heavy (non-hydrogen) atoms. The lowest BCUT2D eigenvalue weighted by Crippen LogP contribution is -2.48. The smallest absolute Gasteiger partial charge is 0.174 e. The van der Waals surface area contributed by atoms with Crippen molar-refractivity contribution in [2.75, 3.05) is 13.2 Å². The van der Waals surface area contributed by atoms with Gasteiger partial charge in [-0.2, -0.15) is 0 Å². The van der Waals surface area contributed by atoms with E-state index in [9.17, 15) is 5.11 Å². The number of hydrogen-bond acceptors (Lipinski definition) is 3. The molecule has 3 heteroatoms. The number of aliphatic hydroxyl groups is 1. The summed E-state index contributed by atoms with van der Waals surface area (Å²) in [5, 5.41) is 9.74. The van der Waals surface area contributed by atoms with Gasteiger partial charge in [-0.05, 0) is 25.2 Å². The van der Waals surface area contributed by atoms with Gasteiger partial charge in [0.05, 0.1) is 19.3 Å². The Morgan fingerprint density at radius 1 is 1.14 bits per heavy atom. The van der Waals surface area contributed by atoms with Crippen molar-refractivity contribution in [3.05, 3.63) is 0 Å². The summed E-state index contributed by atoms with van der Waals surface area (Å²) in [5.41, 5.74) is 0. The van der Waals surface area contributed by atoms with Gasteiger partial charge in [0.15, 0.2) is 5.79 Å². The highest BCUT2D eigenvalue weighted by Crippen LogP contribution is 2.56. The van der Waals surface area contributed by atoms with Gasteiger partial charge in [0.25, 0.3) is 0 Å². The minimum Gasteiger partial charge on any atom is -0.393 e. The molecule has 80 valence electrons. The minimum atomic E-state index is -0.307.